The Hall–Kier alpha value is -1.66. The summed E-state index contributed by atoms with van der Waals surface area (Å²) in [6, 6.07) is 0. The number of aromatic nitrogens is 2. The van der Waals surface area contributed by atoms with Gasteiger partial charge in [-0.05, 0) is 19.9 Å². The molecule has 3 heterocycles. The van der Waals surface area contributed by atoms with Gasteiger partial charge in [0.15, 0.2) is 0 Å². The highest BCUT2D eigenvalue weighted by atomic mass is 16.2. The van der Waals surface area contributed by atoms with E-state index in [1.54, 1.807) is 0 Å². The van der Waals surface area contributed by atoms with Gasteiger partial charge in [0.25, 0.3) is 0 Å². The van der Waals surface area contributed by atoms with Crippen LogP contribution in [0, 0.1) is 5.92 Å². The first-order valence-corrected chi connectivity index (χ1v) is 9.08. The molecule has 1 aromatic heterocycles. The van der Waals surface area contributed by atoms with Crippen molar-refractivity contribution in [2.75, 3.05) is 39.8 Å². The molecule has 1 amide bonds. The summed E-state index contributed by atoms with van der Waals surface area (Å²) in [4.78, 5) is 24.3. The maximum absolute atomic E-state index is 12.6. The fourth-order valence-corrected chi connectivity index (χ4v) is 3.89. The van der Waals surface area contributed by atoms with E-state index in [0.717, 1.165) is 70.2 Å². The summed E-state index contributed by atoms with van der Waals surface area (Å²) in [6.07, 6.45) is 8.24. The van der Waals surface area contributed by atoms with Crippen molar-refractivity contribution in [1.82, 2.24) is 24.3 Å². The van der Waals surface area contributed by atoms with Crippen LogP contribution in [0.5, 0.6) is 0 Å². The topological polar surface area (TPSA) is 44.6 Å². The maximum Gasteiger partial charge on any atom is 0.226 e. The lowest BCUT2D eigenvalue weighted by atomic mass is 10.1. The predicted octanol–water partition coefficient (Wildman–Crippen LogP) is 0.939. The number of hydrogen-bond donors (Lipinski definition) is 0. The van der Waals surface area contributed by atoms with Gasteiger partial charge in [0, 0.05) is 57.9 Å². The van der Waals surface area contributed by atoms with Crippen molar-refractivity contribution in [3.05, 3.63) is 29.9 Å². The predicted molar refractivity (Wildman–Crippen MR) is 92.3 cm³/mol. The molecule has 6 nitrogen and oxygen atoms in total. The van der Waals surface area contributed by atoms with Gasteiger partial charge in [0.1, 0.15) is 5.82 Å². The third kappa shape index (κ3) is 3.26. The van der Waals surface area contributed by atoms with Gasteiger partial charge in [-0.2, -0.15) is 0 Å². The minimum atomic E-state index is 0.163. The van der Waals surface area contributed by atoms with Crippen LogP contribution in [0.1, 0.15) is 24.4 Å². The molecule has 1 saturated heterocycles. The van der Waals surface area contributed by atoms with E-state index in [-0.39, 0.29) is 5.92 Å². The first-order valence-electron chi connectivity index (χ1n) is 9.08. The van der Waals surface area contributed by atoms with Crippen LogP contribution in [0.25, 0.3) is 0 Å². The lowest BCUT2D eigenvalue weighted by molar-refractivity contribution is -0.136. The van der Waals surface area contributed by atoms with E-state index in [1.807, 2.05) is 4.90 Å². The monoisotopic (exact) mass is 329 g/mol. The van der Waals surface area contributed by atoms with Gasteiger partial charge in [0.2, 0.25) is 5.91 Å². The lowest BCUT2D eigenvalue weighted by Gasteiger charge is -2.31. The number of piperazine rings is 1. The van der Waals surface area contributed by atoms with Gasteiger partial charge in [0.05, 0.1) is 12.2 Å². The Bertz CT molecular complexity index is 621. The second-order valence-corrected chi connectivity index (χ2v) is 7.32. The summed E-state index contributed by atoms with van der Waals surface area (Å²) < 4.78 is 2.24. The van der Waals surface area contributed by atoms with Gasteiger partial charge in [-0.25, -0.2) is 4.98 Å². The number of hydrogen-bond acceptors (Lipinski definition) is 4. The van der Waals surface area contributed by atoms with Crippen LogP contribution in [0.15, 0.2) is 18.3 Å². The molecule has 3 aliphatic rings. The summed E-state index contributed by atoms with van der Waals surface area (Å²) in [7, 11) is 2.18. The highest BCUT2D eigenvalue weighted by Gasteiger charge is 2.28. The first kappa shape index (κ1) is 15.8. The molecule has 0 atom stereocenters. The van der Waals surface area contributed by atoms with Crippen molar-refractivity contribution in [2.24, 2.45) is 5.92 Å². The molecule has 0 aromatic carbocycles. The number of carbonyl (C=O) groups excluding carboxylic acids is 1. The van der Waals surface area contributed by atoms with E-state index < -0.39 is 0 Å². The van der Waals surface area contributed by atoms with Crippen LogP contribution in [-0.2, 0) is 24.4 Å². The number of carbonyl (C=O) groups is 1. The number of amides is 1. The van der Waals surface area contributed by atoms with Gasteiger partial charge in [-0.15, -0.1) is 0 Å². The zero-order valence-electron chi connectivity index (χ0n) is 14.5. The standard InChI is InChI=1S/C18H27N5O/c1-20-6-8-21(9-7-20)12-16-13-22-10-11-23(14-17(22)19-16)18(24)15-4-2-3-5-15/h2-3,13,15H,4-12,14H2,1H3. The summed E-state index contributed by atoms with van der Waals surface area (Å²) >= 11 is 0. The number of fused-ring (bicyclic) bond motifs is 1. The molecule has 130 valence electrons. The minimum Gasteiger partial charge on any atom is -0.333 e. The summed E-state index contributed by atoms with van der Waals surface area (Å²) in [5.41, 5.74) is 1.14. The largest absolute Gasteiger partial charge is 0.333 e. The SMILES string of the molecule is CN1CCN(Cc2cn3c(n2)CN(C(=O)C2CC=CC2)CC3)CC1. The zero-order chi connectivity index (χ0) is 16.5. The van der Waals surface area contributed by atoms with E-state index in [4.69, 9.17) is 4.98 Å². The molecule has 0 unspecified atom stereocenters. The number of allylic oxidation sites excluding steroid dienone is 2. The Labute approximate surface area is 143 Å². The molecule has 1 fully saturated rings. The molecule has 1 aliphatic carbocycles. The number of likely N-dealkylation sites (N-methyl/N-ethyl adjacent to an activating group) is 1. The van der Waals surface area contributed by atoms with E-state index in [2.05, 4.69) is 39.8 Å². The fourth-order valence-electron chi connectivity index (χ4n) is 3.89. The van der Waals surface area contributed by atoms with Crippen LogP contribution in [0.2, 0.25) is 0 Å². The molecule has 0 spiro atoms. The van der Waals surface area contributed by atoms with E-state index in [0.29, 0.717) is 12.5 Å². The molecule has 24 heavy (non-hydrogen) atoms. The van der Waals surface area contributed by atoms with E-state index in [9.17, 15) is 4.79 Å². The van der Waals surface area contributed by atoms with Gasteiger partial charge in [-0.1, -0.05) is 12.2 Å². The van der Waals surface area contributed by atoms with Crippen LogP contribution in [0.3, 0.4) is 0 Å². The molecule has 0 N–H and O–H groups in total. The number of rotatable bonds is 3. The normalized spacial score (nSPS) is 23.0. The molecule has 2 aliphatic heterocycles. The average Bonchev–Trinajstić information content (AvgIpc) is 3.24. The van der Waals surface area contributed by atoms with E-state index in [1.165, 1.54) is 0 Å². The van der Waals surface area contributed by atoms with Crippen LogP contribution >= 0.6 is 0 Å². The third-order valence-electron chi connectivity index (χ3n) is 5.50. The molecule has 0 radical (unpaired) electrons. The van der Waals surface area contributed by atoms with Crippen molar-refractivity contribution in [3.8, 4) is 0 Å². The van der Waals surface area contributed by atoms with Crippen molar-refractivity contribution in [3.63, 3.8) is 0 Å². The Kier molecular flexibility index (Phi) is 4.41. The highest BCUT2D eigenvalue weighted by Crippen LogP contribution is 2.23. The minimum absolute atomic E-state index is 0.163. The van der Waals surface area contributed by atoms with Gasteiger partial charge in [-0.3, -0.25) is 9.69 Å². The second kappa shape index (κ2) is 6.69. The smallest absolute Gasteiger partial charge is 0.226 e. The molecular formula is C18H27N5O. The Balaban J connectivity index is 1.38. The Morgan fingerprint density at radius 1 is 1.12 bits per heavy atom. The maximum atomic E-state index is 12.6. The van der Waals surface area contributed by atoms with E-state index >= 15 is 0 Å². The van der Waals surface area contributed by atoms with Gasteiger partial charge >= 0.3 is 0 Å². The highest BCUT2D eigenvalue weighted by molar-refractivity contribution is 5.79. The number of imidazole rings is 1. The molecule has 1 aromatic rings. The third-order valence-corrected chi connectivity index (χ3v) is 5.50. The molecule has 6 heteroatoms. The molecular weight excluding hydrogens is 302 g/mol. The Morgan fingerprint density at radius 2 is 1.88 bits per heavy atom. The summed E-state index contributed by atoms with van der Waals surface area (Å²) in [5.74, 6) is 1.51. The average molecular weight is 329 g/mol. The van der Waals surface area contributed by atoms with Crippen molar-refractivity contribution >= 4 is 5.91 Å². The summed E-state index contributed by atoms with van der Waals surface area (Å²) in [5, 5.41) is 0. The van der Waals surface area contributed by atoms with Crippen molar-refractivity contribution in [2.45, 2.75) is 32.5 Å². The van der Waals surface area contributed by atoms with Crippen LogP contribution in [0.4, 0.5) is 0 Å². The second-order valence-electron chi connectivity index (χ2n) is 7.32. The number of nitrogens with zero attached hydrogens (tertiary/aromatic N) is 5. The zero-order valence-corrected chi connectivity index (χ0v) is 14.5. The van der Waals surface area contributed by atoms with Crippen molar-refractivity contribution in [1.29, 1.82) is 0 Å². The molecule has 0 bridgehead atoms. The Morgan fingerprint density at radius 3 is 2.62 bits per heavy atom. The summed E-state index contributed by atoms with van der Waals surface area (Å²) in [6.45, 7) is 7.75. The quantitative estimate of drug-likeness (QED) is 0.774. The van der Waals surface area contributed by atoms with Crippen molar-refractivity contribution < 1.29 is 4.79 Å². The van der Waals surface area contributed by atoms with Crippen LogP contribution < -0.4 is 0 Å². The van der Waals surface area contributed by atoms with Gasteiger partial charge < -0.3 is 14.4 Å². The lowest BCUT2D eigenvalue weighted by Crippen LogP contribution is -2.43. The first-order chi connectivity index (χ1) is 11.7. The molecule has 4 rings (SSSR count). The molecule has 0 saturated carbocycles. The fraction of sp³-hybridized carbons (Fsp3) is 0.667. The van der Waals surface area contributed by atoms with Crippen LogP contribution in [-0.4, -0.2) is 69.9 Å².